The average molecular weight is 154 g/mol. The van der Waals surface area contributed by atoms with E-state index in [0.717, 1.165) is 31.3 Å². The summed E-state index contributed by atoms with van der Waals surface area (Å²) in [4.78, 5) is 11.0. The third-order valence-corrected chi connectivity index (χ3v) is 1.77. The van der Waals surface area contributed by atoms with Gasteiger partial charge in [0, 0.05) is 5.57 Å². The normalized spacial score (nSPS) is 21.9. The Balaban J connectivity index is 2.47. The Morgan fingerprint density at radius 3 is 3.09 bits per heavy atom. The van der Waals surface area contributed by atoms with Crippen LogP contribution in [0.25, 0.3) is 0 Å². The number of carbonyl (C=O) groups excluding carboxylic acids is 1. The zero-order chi connectivity index (χ0) is 8.10. The van der Waals surface area contributed by atoms with Gasteiger partial charge in [0.1, 0.15) is 0 Å². The molecule has 62 valence electrons. The number of allylic oxidation sites excluding steroid dienone is 1. The number of cyclic esters (lactones) is 1. The molecular formula is C9H14O2. The van der Waals surface area contributed by atoms with Crippen molar-refractivity contribution in [1.82, 2.24) is 0 Å². The number of rotatable bonds is 2. The predicted molar refractivity (Wildman–Crippen MR) is 43.2 cm³/mol. The smallest absolute Gasteiger partial charge is 0.333 e. The van der Waals surface area contributed by atoms with Crippen LogP contribution in [0.5, 0.6) is 0 Å². The van der Waals surface area contributed by atoms with Gasteiger partial charge in [-0.05, 0) is 19.3 Å². The highest BCUT2D eigenvalue weighted by atomic mass is 16.5. The highest BCUT2D eigenvalue weighted by molar-refractivity contribution is 5.88. The van der Waals surface area contributed by atoms with E-state index in [0.29, 0.717) is 6.61 Å². The average Bonchev–Trinajstić information content (AvgIpc) is 2.03. The Hall–Kier alpha value is -0.790. The number of unbranched alkanes of at least 4 members (excludes halogenated alkanes) is 1. The number of hydrogen-bond donors (Lipinski definition) is 0. The van der Waals surface area contributed by atoms with Crippen molar-refractivity contribution in [1.29, 1.82) is 0 Å². The van der Waals surface area contributed by atoms with Gasteiger partial charge >= 0.3 is 5.97 Å². The van der Waals surface area contributed by atoms with Crippen molar-refractivity contribution in [3.63, 3.8) is 0 Å². The van der Waals surface area contributed by atoms with Crippen molar-refractivity contribution in [2.24, 2.45) is 0 Å². The molecule has 1 aliphatic rings. The summed E-state index contributed by atoms with van der Waals surface area (Å²) >= 11 is 0. The fraction of sp³-hybridized carbons (Fsp3) is 0.667. The summed E-state index contributed by atoms with van der Waals surface area (Å²) < 4.78 is 4.88. The Morgan fingerprint density at radius 2 is 2.45 bits per heavy atom. The molecule has 0 N–H and O–H groups in total. The molecule has 1 heterocycles. The van der Waals surface area contributed by atoms with Crippen molar-refractivity contribution < 1.29 is 9.53 Å². The summed E-state index contributed by atoms with van der Waals surface area (Å²) in [6.45, 7) is 2.70. The maximum atomic E-state index is 11.0. The van der Waals surface area contributed by atoms with E-state index in [4.69, 9.17) is 4.74 Å². The molecule has 1 rings (SSSR count). The molecule has 2 nitrogen and oxygen atoms in total. The lowest BCUT2D eigenvalue weighted by molar-refractivity contribution is -0.141. The van der Waals surface area contributed by atoms with E-state index in [1.54, 1.807) is 0 Å². The van der Waals surface area contributed by atoms with Gasteiger partial charge in [-0.1, -0.05) is 19.4 Å². The summed E-state index contributed by atoms with van der Waals surface area (Å²) in [5, 5.41) is 0. The lowest BCUT2D eigenvalue weighted by atomic mass is 10.1. The van der Waals surface area contributed by atoms with Crippen LogP contribution in [0.3, 0.4) is 0 Å². The molecule has 1 aliphatic heterocycles. The monoisotopic (exact) mass is 154 g/mol. The van der Waals surface area contributed by atoms with E-state index in [1.165, 1.54) is 0 Å². The summed E-state index contributed by atoms with van der Waals surface area (Å²) in [5.74, 6) is -0.107. The number of hydrogen-bond acceptors (Lipinski definition) is 2. The van der Waals surface area contributed by atoms with Gasteiger partial charge < -0.3 is 4.74 Å². The SMILES string of the molecule is CCCC=C1CCCOC1=O. The summed E-state index contributed by atoms with van der Waals surface area (Å²) in [5.41, 5.74) is 0.873. The summed E-state index contributed by atoms with van der Waals surface area (Å²) in [6, 6.07) is 0. The topological polar surface area (TPSA) is 26.3 Å². The maximum Gasteiger partial charge on any atom is 0.333 e. The van der Waals surface area contributed by atoms with E-state index in [-0.39, 0.29) is 5.97 Å². The van der Waals surface area contributed by atoms with Crippen LogP contribution in [-0.2, 0) is 9.53 Å². The Morgan fingerprint density at radius 1 is 1.64 bits per heavy atom. The summed E-state index contributed by atoms with van der Waals surface area (Å²) in [6.07, 6.45) is 5.98. The Kier molecular flexibility index (Phi) is 3.14. The zero-order valence-corrected chi connectivity index (χ0v) is 6.93. The lowest BCUT2D eigenvalue weighted by Crippen LogP contribution is -2.15. The molecule has 1 fully saturated rings. The van der Waals surface area contributed by atoms with Crippen molar-refractivity contribution in [3.8, 4) is 0 Å². The van der Waals surface area contributed by atoms with Crippen LogP contribution in [0.1, 0.15) is 32.6 Å². The number of ether oxygens (including phenoxy) is 1. The van der Waals surface area contributed by atoms with Crippen LogP contribution < -0.4 is 0 Å². The van der Waals surface area contributed by atoms with Crippen LogP contribution in [-0.4, -0.2) is 12.6 Å². The molecular weight excluding hydrogens is 140 g/mol. The van der Waals surface area contributed by atoms with Gasteiger partial charge in [0.25, 0.3) is 0 Å². The molecule has 0 spiro atoms. The number of carbonyl (C=O) groups is 1. The van der Waals surface area contributed by atoms with Gasteiger partial charge in [-0.2, -0.15) is 0 Å². The minimum atomic E-state index is -0.107. The van der Waals surface area contributed by atoms with E-state index in [1.807, 2.05) is 6.08 Å². The Bertz CT molecular complexity index is 170. The lowest BCUT2D eigenvalue weighted by Gasteiger charge is -2.13. The largest absolute Gasteiger partial charge is 0.462 e. The third kappa shape index (κ3) is 2.37. The zero-order valence-electron chi connectivity index (χ0n) is 6.93. The summed E-state index contributed by atoms with van der Waals surface area (Å²) in [7, 11) is 0. The number of esters is 1. The van der Waals surface area contributed by atoms with Crippen molar-refractivity contribution >= 4 is 5.97 Å². The van der Waals surface area contributed by atoms with Crippen molar-refractivity contribution in [2.45, 2.75) is 32.6 Å². The van der Waals surface area contributed by atoms with Crippen LogP contribution in [0, 0.1) is 0 Å². The first-order valence-corrected chi connectivity index (χ1v) is 4.20. The molecule has 0 radical (unpaired) electrons. The first-order chi connectivity index (χ1) is 5.34. The molecule has 0 atom stereocenters. The third-order valence-electron chi connectivity index (χ3n) is 1.77. The van der Waals surface area contributed by atoms with E-state index >= 15 is 0 Å². The highest BCUT2D eigenvalue weighted by Crippen LogP contribution is 2.14. The van der Waals surface area contributed by atoms with Gasteiger partial charge in [-0.3, -0.25) is 0 Å². The van der Waals surface area contributed by atoms with Gasteiger partial charge in [0.05, 0.1) is 6.61 Å². The van der Waals surface area contributed by atoms with Gasteiger partial charge in [0.15, 0.2) is 0 Å². The molecule has 0 aromatic rings. The van der Waals surface area contributed by atoms with E-state index < -0.39 is 0 Å². The second kappa shape index (κ2) is 4.16. The maximum absolute atomic E-state index is 11.0. The van der Waals surface area contributed by atoms with Crippen molar-refractivity contribution in [2.75, 3.05) is 6.61 Å². The Labute approximate surface area is 67.2 Å². The molecule has 1 saturated heterocycles. The first-order valence-electron chi connectivity index (χ1n) is 4.20. The second-order valence-electron chi connectivity index (χ2n) is 2.76. The minimum absolute atomic E-state index is 0.107. The molecule has 0 amide bonds. The molecule has 0 saturated carbocycles. The van der Waals surface area contributed by atoms with Crippen LogP contribution in [0.4, 0.5) is 0 Å². The standard InChI is InChI=1S/C9H14O2/c1-2-3-5-8-6-4-7-11-9(8)10/h5H,2-4,6-7H2,1H3. The van der Waals surface area contributed by atoms with Crippen LogP contribution >= 0.6 is 0 Å². The first kappa shape index (κ1) is 8.31. The molecule has 2 heteroatoms. The highest BCUT2D eigenvalue weighted by Gasteiger charge is 2.14. The minimum Gasteiger partial charge on any atom is -0.462 e. The van der Waals surface area contributed by atoms with E-state index in [2.05, 4.69) is 6.92 Å². The van der Waals surface area contributed by atoms with Crippen molar-refractivity contribution in [3.05, 3.63) is 11.6 Å². The molecule has 0 aromatic carbocycles. The molecule has 0 aliphatic carbocycles. The quantitative estimate of drug-likeness (QED) is 0.449. The molecule has 0 bridgehead atoms. The molecule has 0 aromatic heterocycles. The fourth-order valence-electron chi connectivity index (χ4n) is 1.13. The fourth-order valence-corrected chi connectivity index (χ4v) is 1.13. The second-order valence-corrected chi connectivity index (χ2v) is 2.76. The van der Waals surface area contributed by atoms with E-state index in [9.17, 15) is 4.79 Å². The molecule has 11 heavy (non-hydrogen) atoms. The predicted octanol–water partition coefficient (Wildman–Crippen LogP) is 2.05. The van der Waals surface area contributed by atoms with Gasteiger partial charge in [0.2, 0.25) is 0 Å². The van der Waals surface area contributed by atoms with Gasteiger partial charge in [-0.15, -0.1) is 0 Å². The molecule has 0 unspecified atom stereocenters. The van der Waals surface area contributed by atoms with Crippen LogP contribution in [0.2, 0.25) is 0 Å². The van der Waals surface area contributed by atoms with Gasteiger partial charge in [-0.25, -0.2) is 4.79 Å². The van der Waals surface area contributed by atoms with Crippen LogP contribution in [0.15, 0.2) is 11.6 Å².